The Labute approximate surface area is 99.0 Å². The fourth-order valence-corrected chi connectivity index (χ4v) is 1.45. The average molecular weight is 221 g/mol. The molecule has 0 saturated heterocycles. The number of hydrogen-bond donors (Lipinski definition) is 1. The Hall–Kier alpha value is -1.02. The lowest BCUT2D eigenvalue weighted by atomic mass is 10.2. The summed E-state index contributed by atoms with van der Waals surface area (Å²) < 4.78 is 5.78. The van der Waals surface area contributed by atoms with Crippen LogP contribution in [0.25, 0.3) is 0 Å². The molecule has 1 aromatic rings. The standard InChI is InChI=1S/C14H23NO/c1-4-9-15-11-13-7-6-8-14(10-13)16-12(3)5-2/h6-8,10,12,15H,4-5,9,11H2,1-3H3. The predicted molar refractivity (Wildman–Crippen MR) is 68.8 cm³/mol. The maximum Gasteiger partial charge on any atom is 0.120 e. The molecule has 1 atom stereocenters. The summed E-state index contributed by atoms with van der Waals surface area (Å²) in [6.45, 7) is 8.40. The molecule has 1 aromatic carbocycles. The summed E-state index contributed by atoms with van der Waals surface area (Å²) in [7, 11) is 0. The van der Waals surface area contributed by atoms with Gasteiger partial charge in [0.05, 0.1) is 6.10 Å². The maximum absolute atomic E-state index is 5.78. The van der Waals surface area contributed by atoms with Gasteiger partial charge < -0.3 is 10.1 Å². The predicted octanol–water partition coefficient (Wildman–Crippen LogP) is 3.36. The van der Waals surface area contributed by atoms with Crippen molar-refractivity contribution >= 4 is 0 Å². The molecule has 0 radical (unpaired) electrons. The summed E-state index contributed by atoms with van der Waals surface area (Å²) in [5.41, 5.74) is 1.29. The van der Waals surface area contributed by atoms with E-state index in [1.807, 2.05) is 6.07 Å². The maximum atomic E-state index is 5.78. The van der Waals surface area contributed by atoms with Gasteiger partial charge in [0, 0.05) is 6.54 Å². The van der Waals surface area contributed by atoms with Gasteiger partial charge in [-0.3, -0.25) is 0 Å². The van der Waals surface area contributed by atoms with Gasteiger partial charge in [0.1, 0.15) is 5.75 Å². The molecule has 0 aliphatic rings. The van der Waals surface area contributed by atoms with E-state index in [1.54, 1.807) is 0 Å². The normalized spacial score (nSPS) is 12.4. The molecule has 1 unspecified atom stereocenters. The van der Waals surface area contributed by atoms with Gasteiger partial charge in [0.15, 0.2) is 0 Å². The average Bonchev–Trinajstić information content (AvgIpc) is 2.30. The zero-order valence-corrected chi connectivity index (χ0v) is 10.6. The van der Waals surface area contributed by atoms with Crippen molar-refractivity contribution in [2.24, 2.45) is 0 Å². The summed E-state index contributed by atoms with van der Waals surface area (Å²) in [5, 5.41) is 3.39. The van der Waals surface area contributed by atoms with Crippen molar-refractivity contribution < 1.29 is 4.74 Å². The number of hydrogen-bond acceptors (Lipinski definition) is 2. The van der Waals surface area contributed by atoms with Crippen molar-refractivity contribution in [3.63, 3.8) is 0 Å². The van der Waals surface area contributed by atoms with Crippen molar-refractivity contribution in [1.82, 2.24) is 5.32 Å². The second kappa shape index (κ2) is 7.29. The molecule has 2 nitrogen and oxygen atoms in total. The molecule has 1 N–H and O–H groups in total. The molecule has 0 amide bonds. The van der Waals surface area contributed by atoms with Crippen LogP contribution < -0.4 is 10.1 Å². The molecular weight excluding hydrogens is 198 g/mol. The van der Waals surface area contributed by atoms with E-state index in [0.29, 0.717) is 6.10 Å². The quantitative estimate of drug-likeness (QED) is 0.713. The van der Waals surface area contributed by atoms with Crippen molar-refractivity contribution in [3.8, 4) is 5.75 Å². The fraction of sp³-hybridized carbons (Fsp3) is 0.571. The first-order chi connectivity index (χ1) is 7.76. The molecular formula is C14H23NO. The summed E-state index contributed by atoms with van der Waals surface area (Å²) in [6, 6.07) is 8.33. The second-order valence-electron chi connectivity index (χ2n) is 4.16. The van der Waals surface area contributed by atoms with Crippen molar-refractivity contribution in [1.29, 1.82) is 0 Å². The molecule has 0 fully saturated rings. The van der Waals surface area contributed by atoms with Crippen LogP contribution in [-0.4, -0.2) is 12.6 Å². The van der Waals surface area contributed by atoms with Crippen LogP contribution in [0.3, 0.4) is 0 Å². The number of rotatable bonds is 7. The fourth-order valence-electron chi connectivity index (χ4n) is 1.45. The van der Waals surface area contributed by atoms with Gasteiger partial charge in [0.25, 0.3) is 0 Å². The Balaban J connectivity index is 2.50. The zero-order valence-electron chi connectivity index (χ0n) is 10.6. The summed E-state index contributed by atoms with van der Waals surface area (Å²) in [5.74, 6) is 0.977. The van der Waals surface area contributed by atoms with Crippen molar-refractivity contribution in [3.05, 3.63) is 29.8 Å². The number of benzene rings is 1. The van der Waals surface area contributed by atoms with Crippen LogP contribution in [0.2, 0.25) is 0 Å². The first-order valence-corrected chi connectivity index (χ1v) is 6.22. The monoisotopic (exact) mass is 221 g/mol. The Morgan fingerprint density at radius 1 is 1.31 bits per heavy atom. The first kappa shape index (κ1) is 13.0. The Morgan fingerprint density at radius 2 is 2.12 bits per heavy atom. The SMILES string of the molecule is CCCNCc1cccc(OC(C)CC)c1. The van der Waals surface area contributed by atoms with Crippen LogP contribution in [-0.2, 0) is 6.54 Å². The first-order valence-electron chi connectivity index (χ1n) is 6.22. The summed E-state index contributed by atoms with van der Waals surface area (Å²) in [6.07, 6.45) is 2.50. The van der Waals surface area contributed by atoms with Crippen molar-refractivity contribution in [2.45, 2.75) is 46.3 Å². The molecule has 0 bridgehead atoms. The lowest BCUT2D eigenvalue weighted by Gasteiger charge is -2.13. The highest BCUT2D eigenvalue weighted by Gasteiger charge is 2.01. The van der Waals surface area contributed by atoms with Crippen LogP contribution in [0.4, 0.5) is 0 Å². The molecule has 0 saturated carbocycles. The molecule has 0 aliphatic carbocycles. The molecule has 0 aliphatic heterocycles. The van der Waals surface area contributed by atoms with Gasteiger partial charge in [0.2, 0.25) is 0 Å². The Kier molecular flexibility index (Phi) is 5.94. The minimum atomic E-state index is 0.291. The highest BCUT2D eigenvalue weighted by molar-refractivity contribution is 5.28. The molecule has 0 spiro atoms. The van der Waals surface area contributed by atoms with Crippen LogP contribution in [0.1, 0.15) is 39.2 Å². The highest BCUT2D eigenvalue weighted by Crippen LogP contribution is 2.15. The van der Waals surface area contributed by atoms with E-state index in [0.717, 1.165) is 25.3 Å². The third-order valence-electron chi connectivity index (χ3n) is 2.57. The molecule has 0 aromatic heterocycles. The van der Waals surface area contributed by atoms with Gasteiger partial charge in [-0.05, 0) is 44.0 Å². The van der Waals surface area contributed by atoms with E-state index in [-0.39, 0.29) is 0 Å². The topological polar surface area (TPSA) is 21.3 Å². The van der Waals surface area contributed by atoms with E-state index in [1.165, 1.54) is 12.0 Å². The minimum Gasteiger partial charge on any atom is -0.491 e. The van der Waals surface area contributed by atoms with E-state index < -0.39 is 0 Å². The minimum absolute atomic E-state index is 0.291. The zero-order chi connectivity index (χ0) is 11.8. The lowest BCUT2D eigenvalue weighted by molar-refractivity contribution is 0.217. The van der Waals surface area contributed by atoms with E-state index in [9.17, 15) is 0 Å². The highest BCUT2D eigenvalue weighted by atomic mass is 16.5. The largest absolute Gasteiger partial charge is 0.491 e. The van der Waals surface area contributed by atoms with Crippen molar-refractivity contribution in [2.75, 3.05) is 6.54 Å². The van der Waals surface area contributed by atoms with Gasteiger partial charge in [-0.1, -0.05) is 26.0 Å². The van der Waals surface area contributed by atoms with E-state index in [4.69, 9.17) is 4.74 Å². The van der Waals surface area contributed by atoms with Gasteiger partial charge >= 0.3 is 0 Å². The van der Waals surface area contributed by atoms with Crippen LogP contribution in [0, 0.1) is 0 Å². The van der Waals surface area contributed by atoms with E-state index in [2.05, 4.69) is 44.3 Å². The molecule has 2 heteroatoms. The number of nitrogens with one attached hydrogen (secondary N) is 1. The third-order valence-corrected chi connectivity index (χ3v) is 2.57. The van der Waals surface area contributed by atoms with Gasteiger partial charge in [-0.2, -0.15) is 0 Å². The van der Waals surface area contributed by atoms with Crippen LogP contribution in [0.5, 0.6) is 5.75 Å². The number of ether oxygens (including phenoxy) is 1. The molecule has 16 heavy (non-hydrogen) atoms. The second-order valence-corrected chi connectivity index (χ2v) is 4.16. The van der Waals surface area contributed by atoms with Crippen LogP contribution in [0.15, 0.2) is 24.3 Å². The lowest BCUT2D eigenvalue weighted by Crippen LogP contribution is -2.14. The summed E-state index contributed by atoms with van der Waals surface area (Å²) in [4.78, 5) is 0. The van der Waals surface area contributed by atoms with Gasteiger partial charge in [-0.25, -0.2) is 0 Å². The third kappa shape index (κ3) is 4.67. The van der Waals surface area contributed by atoms with E-state index >= 15 is 0 Å². The molecule has 0 heterocycles. The molecule has 90 valence electrons. The molecule has 1 rings (SSSR count). The van der Waals surface area contributed by atoms with Gasteiger partial charge in [-0.15, -0.1) is 0 Å². The Morgan fingerprint density at radius 3 is 2.81 bits per heavy atom. The van der Waals surface area contributed by atoms with Crippen LogP contribution >= 0.6 is 0 Å². The smallest absolute Gasteiger partial charge is 0.120 e. The summed E-state index contributed by atoms with van der Waals surface area (Å²) >= 11 is 0. The Bertz CT molecular complexity index is 299.